The van der Waals surface area contributed by atoms with Gasteiger partial charge >= 0.3 is 0 Å². The molecular formula is C17H24N+. The summed E-state index contributed by atoms with van der Waals surface area (Å²) in [5, 5.41) is 2.82. The normalized spacial score (nSPS) is 15.5. The Labute approximate surface area is 110 Å². The van der Waals surface area contributed by atoms with Crippen molar-refractivity contribution in [1.29, 1.82) is 0 Å². The number of rotatable bonds is 1. The lowest BCUT2D eigenvalue weighted by atomic mass is 9.94. The van der Waals surface area contributed by atoms with Crippen LogP contribution in [0.5, 0.6) is 0 Å². The molecular weight excluding hydrogens is 218 g/mol. The van der Waals surface area contributed by atoms with Crippen LogP contribution in [0.15, 0.2) is 36.7 Å². The number of hydrogen-bond donors (Lipinski definition) is 0. The minimum atomic E-state index is 0.789. The van der Waals surface area contributed by atoms with Crippen molar-refractivity contribution in [3.05, 3.63) is 42.2 Å². The molecule has 0 spiro atoms. The number of aromatic nitrogens is 1. The summed E-state index contributed by atoms with van der Waals surface area (Å²) < 4.78 is 2.20. The van der Waals surface area contributed by atoms with E-state index in [0.29, 0.717) is 0 Å². The summed E-state index contributed by atoms with van der Waals surface area (Å²) >= 11 is 0. The molecule has 96 valence electrons. The van der Waals surface area contributed by atoms with E-state index in [0.717, 1.165) is 5.92 Å². The highest BCUT2D eigenvalue weighted by molar-refractivity contribution is 5.84. The van der Waals surface area contributed by atoms with Crippen molar-refractivity contribution >= 4 is 10.8 Å². The Morgan fingerprint density at radius 2 is 1.67 bits per heavy atom. The fourth-order valence-electron chi connectivity index (χ4n) is 2.98. The van der Waals surface area contributed by atoms with Crippen molar-refractivity contribution in [3.63, 3.8) is 0 Å². The lowest BCUT2D eigenvalue weighted by molar-refractivity contribution is -0.670. The topological polar surface area (TPSA) is 3.88 Å². The first-order valence-electron chi connectivity index (χ1n) is 7.22. The lowest BCUT2D eigenvalue weighted by Gasteiger charge is -2.10. The van der Waals surface area contributed by atoms with Crippen molar-refractivity contribution < 1.29 is 4.57 Å². The van der Waals surface area contributed by atoms with Gasteiger partial charge in [-0.15, -0.1) is 0 Å². The van der Waals surface area contributed by atoms with Crippen molar-refractivity contribution in [1.82, 2.24) is 0 Å². The molecule has 0 bridgehead atoms. The third-order valence-corrected chi connectivity index (χ3v) is 3.75. The largest absolute Gasteiger partial charge is 0.207 e. The number of aryl methyl sites for hydroxylation is 1. The first kappa shape index (κ1) is 13.1. The summed E-state index contributed by atoms with van der Waals surface area (Å²) in [4.78, 5) is 0. The number of pyridine rings is 1. The number of benzene rings is 1. The second-order valence-electron chi connectivity index (χ2n) is 4.95. The summed E-state index contributed by atoms with van der Waals surface area (Å²) in [7, 11) is 2.13. The standard InChI is InChI=1S/C15H18N.C2H6/c1-16-10-13-8-4-5-9-14(13)15(11-16)12-6-2-3-7-12;1-2/h4-5,8-12H,2-3,6-7H2,1H3;1-2H3/q+1;. The molecule has 0 radical (unpaired) electrons. The van der Waals surface area contributed by atoms with Crippen LogP contribution in [-0.4, -0.2) is 0 Å². The van der Waals surface area contributed by atoms with Gasteiger partial charge in [0, 0.05) is 10.9 Å². The molecule has 0 N–H and O–H groups in total. The molecule has 3 rings (SSSR count). The van der Waals surface area contributed by atoms with E-state index in [1.165, 1.54) is 36.5 Å². The number of fused-ring (bicyclic) bond motifs is 1. The van der Waals surface area contributed by atoms with E-state index >= 15 is 0 Å². The molecule has 0 saturated heterocycles. The first-order valence-corrected chi connectivity index (χ1v) is 7.22. The Balaban J connectivity index is 0.000000574. The van der Waals surface area contributed by atoms with Gasteiger partial charge in [0.05, 0.1) is 0 Å². The molecule has 1 heterocycles. The molecule has 1 nitrogen and oxygen atoms in total. The molecule has 1 aliphatic carbocycles. The van der Waals surface area contributed by atoms with Gasteiger partial charge in [0.15, 0.2) is 12.4 Å². The van der Waals surface area contributed by atoms with Crippen molar-refractivity contribution in [2.45, 2.75) is 45.4 Å². The van der Waals surface area contributed by atoms with Crippen LogP contribution in [0.4, 0.5) is 0 Å². The maximum Gasteiger partial charge on any atom is 0.176 e. The maximum absolute atomic E-state index is 2.32. The molecule has 0 atom stereocenters. The maximum atomic E-state index is 2.32. The second kappa shape index (κ2) is 5.99. The zero-order chi connectivity index (χ0) is 13.0. The van der Waals surface area contributed by atoms with Crippen molar-refractivity contribution in [3.8, 4) is 0 Å². The lowest BCUT2D eigenvalue weighted by Crippen LogP contribution is -2.27. The summed E-state index contributed by atoms with van der Waals surface area (Å²) in [6.45, 7) is 4.00. The molecule has 0 amide bonds. The predicted molar refractivity (Wildman–Crippen MR) is 77.7 cm³/mol. The van der Waals surface area contributed by atoms with E-state index in [1.807, 2.05) is 13.8 Å². The van der Waals surface area contributed by atoms with Gasteiger partial charge in [-0.3, -0.25) is 0 Å². The Hall–Kier alpha value is -1.37. The van der Waals surface area contributed by atoms with E-state index in [9.17, 15) is 0 Å². The van der Waals surface area contributed by atoms with Gasteiger partial charge in [0.2, 0.25) is 0 Å². The van der Waals surface area contributed by atoms with E-state index in [4.69, 9.17) is 0 Å². The zero-order valence-electron chi connectivity index (χ0n) is 11.8. The molecule has 1 heteroatoms. The SMILES string of the molecule is CC.C[n+]1cc(C2CCCC2)c2ccccc2c1. The third kappa shape index (κ3) is 2.55. The van der Waals surface area contributed by atoms with Crippen molar-refractivity contribution in [2.24, 2.45) is 7.05 Å². The Kier molecular flexibility index (Phi) is 4.35. The molecule has 1 saturated carbocycles. The van der Waals surface area contributed by atoms with Crippen LogP contribution in [0.2, 0.25) is 0 Å². The van der Waals surface area contributed by atoms with Gasteiger partial charge < -0.3 is 0 Å². The van der Waals surface area contributed by atoms with Crippen LogP contribution in [0.3, 0.4) is 0 Å². The van der Waals surface area contributed by atoms with Crippen LogP contribution in [-0.2, 0) is 7.05 Å². The molecule has 1 aromatic heterocycles. The highest BCUT2D eigenvalue weighted by atomic mass is 14.9. The first-order chi connectivity index (χ1) is 8.84. The molecule has 1 aliphatic rings. The summed E-state index contributed by atoms with van der Waals surface area (Å²) in [5.74, 6) is 0.789. The predicted octanol–water partition coefficient (Wildman–Crippen LogP) is 4.35. The van der Waals surface area contributed by atoms with E-state index in [1.54, 1.807) is 5.56 Å². The van der Waals surface area contributed by atoms with Gasteiger partial charge in [-0.05, 0) is 30.2 Å². The third-order valence-electron chi connectivity index (χ3n) is 3.75. The van der Waals surface area contributed by atoms with Crippen molar-refractivity contribution in [2.75, 3.05) is 0 Å². The average Bonchev–Trinajstić information content (AvgIpc) is 2.94. The fraction of sp³-hybridized carbons (Fsp3) is 0.471. The second-order valence-corrected chi connectivity index (χ2v) is 4.95. The van der Waals surface area contributed by atoms with Gasteiger partial charge in [-0.1, -0.05) is 44.9 Å². The Morgan fingerprint density at radius 3 is 2.39 bits per heavy atom. The molecule has 1 aromatic carbocycles. The monoisotopic (exact) mass is 242 g/mol. The molecule has 18 heavy (non-hydrogen) atoms. The smallest absolute Gasteiger partial charge is 0.176 e. The van der Waals surface area contributed by atoms with E-state index in [2.05, 4.69) is 48.3 Å². The fourth-order valence-corrected chi connectivity index (χ4v) is 2.98. The van der Waals surface area contributed by atoms with Crippen LogP contribution in [0.1, 0.15) is 51.0 Å². The zero-order valence-corrected chi connectivity index (χ0v) is 11.8. The van der Waals surface area contributed by atoms with Gasteiger partial charge in [-0.25, -0.2) is 4.57 Å². The Morgan fingerprint density at radius 1 is 1.00 bits per heavy atom. The Bertz CT molecular complexity index is 510. The minimum Gasteiger partial charge on any atom is -0.207 e. The molecule has 0 aliphatic heterocycles. The highest BCUT2D eigenvalue weighted by Crippen LogP contribution is 2.36. The van der Waals surface area contributed by atoms with Crippen LogP contribution < -0.4 is 4.57 Å². The highest BCUT2D eigenvalue weighted by Gasteiger charge is 2.21. The molecule has 0 unspecified atom stereocenters. The summed E-state index contributed by atoms with van der Waals surface area (Å²) in [6, 6.07) is 8.76. The van der Waals surface area contributed by atoms with E-state index in [-0.39, 0.29) is 0 Å². The van der Waals surface area contributed by atoms with Crippen LogP contribution in [0.25, 0.3) is 10.8 Å². The van der Waals surface area contributed by atoms with Crippen LogP contribution in [0, 0.1) is 0 Å². The van der Waals surface area contributed by atoms with Gasteiger partial charge in [-0.2, -0.15) is 0 Å². The van der Waals surface area contributed by atoms with E-state index < -0.39 is 0 Å². The number of nitrogens with zero attached hydrogens (tertiary/aromatic N) is 1. The van der Waals surface area contributed by atoms with Gasteiger partial charge in [0.25, 0.3) is 0 Å². The summed E-state index contributed by atoms with van der Waals surface area (Å²) in [6.07, 6.45) is 10.1. The summed E-state index contributed by atoms with van der Waals surface area (Å²) in [5.41, 5.74) is 1.55. The van der Waals surface area contributed by atoms with Crippen LogP contribution >= 0.6 is 0 Å². The average molecular weight is 242 g/mol. The van der Waals surface area contributed by atoms with Gasteiger partial charge in [0.1, 0.15) is 7.05 Å². The quantitative estimate of drug-likeness (QED) is 0.655. The number of hydrogen-bond acceptors (Lipinski definition) is 0. The molecule has 2 aromatic rings. The molecule has 1 fully saturated rings. The minimum absolute atomic E-state index is 0.789.